The zero-order valence-corrected chi connectivity index (χ0v) is 18.6. The second-order valence-corrected chi connectivity index (χ2v) is 8.59. The molecule has 3 aromatic rings. The van der Waals surface area contributed by atoms with Crippen LogP contribution in [0, 0.1) is 0 Å². The molecule has 2 atom stereocenters. The molecule has 1 fully saturated rings. The number of nitrogens with zero attached hydrogens (tertiary/aromatic N) is 3. The van der Waals surface area contributed by atoms with Crippen molar-refractivity contribution < 1.29 is 19.4 Å². The monoisotopic (exact) mass is 463 g/mol. The first kappa shape index (κ1) is 21.5. The maximum atomic E-state index is 12.6. The molecular weight excluding hydrogens is 442 g/mol. The average molecular weight is 464 g/mol. The molecule has 1 saturated heterocycles. The van der Waals surface area contributed by atoms with Crippen molar-refractivity contribution in [2.75, 3.05) is 25.1 Å². The van der Waals surface area contributed by atoms with Crippen LogP contribution < -0.4 is 10.2 Å². The number of fused-ring (bicyclic) bond motifs is 1. The first-order valence-corrected chi connectivity index (χ1v) is 11.1. The van der Waals surface area contributed by atoms with Gasteiger partial charge in [0.15, 0.2) is 16.1 Å². The van der Waals surface area contributed by atoms with Crippen molar-refractivity contribution >= 4 is 50.2 Å². The number of benzene rings is 1. The van der Waals surface area contributed by atoms with E-state index in [2.05, 4.69) is 25.2 Å². The van der Waals surface area contributed by atoms with Crippen molar-refractivity contribution in [1.29, 1.82) is 0 Å². The molecule has 9 nitrogen and oxygen atoms in total. The number of methoxy groups -OCH3 is 1. The number of aromatic amines is 1. The number of halogens is 1. The number of nitrogens with one attached hydrogen (secondary N) is 2. The van der Waals surface area contributed by atoms with Gasteiger partial charge in [-0.25, -0.2) is 14.8 Å². The molecule has 3 heterocycles. The summed E-state index contributed by atoms with van der Waals surface area (Å²) in [5, 5.41) is 13.4. The molecule has 1 aliphatic rings. The number of aromatic nitrogens is 3. The second kappa shape index (κ2) is 8.81. The van der Waals surface area contributed by atoms with Crippen LogP contribution in [-0.4, -0.2) is 64.3 Å². The number of hydrogen-bond acceptors (Lipinski definition) is 7. The molecule has 1 aromatic carbocycles. The fraction of sp³-hybridized carbons (Fsp3) is 0.400. The van der Waals surface area contributed by atoms with Gasteiger partial charge >= 0.3 is 5.97 Å². The lowest BCUT2D eigenvalue weighted by atomic mass is 10.0. The molecule has 0 saturated carbocycles. The minimum atomic E-state index is -0.971. The summed E-state index contributed by atoms with van der Waals surface area (Å²) in [6.07, 6.45) is 1.03. The maximum Gasteiger partial charge on any atom is 0.337 e. The predicted octanol–water partition coefficient (Wildman–Crippen LogP) is 2.96. The van der Waals surface area contributed by atoms with Crippen LogP contribution in [0.3, 0.4) is 0 Å². The first-order valence-electron chi connectivity index (χ1n) is 9.87. The quantitative estimate of drug-likeness (QED) is 0.514. The summed E-state index contributed by atoms with van der Waals surface area (Å²) < 4.78 is 6.30. The lowest BCUT2D eigenvalue weighted by Crippen LogP contribution is -2.55. The molecule has 11 heteroatoms. The van der Waals surface area contributed by atoms with E-state index in [0.717, 1.165) is 10.8 Å². The Morgan fingerprint density at radius 2 is 2.23 bits per heavy atom. The van der Waals surface area contributed by atoms with Crippen molar-refractivity contribution in [2.24, 2.45) is 0 Å². The molecule has 0 bridgehead atoms. The SMILES string of the molecule is CCc1[nH]c(C(=O)NC2CCN(c3nc4cccc(C(=O)O)c4s3)CC2OC)nc1Cl. The van der Waals surface area contributed by atoms with Crippen LogP contribution in [0.15, 0.2) is 18.2 Å². The number of anilines is 1. The predicted molar refractivity (Wildman–Crippen MR) is 118 cm³/mol. The van der Waals surface area contributed by atoms with E-state index in [9.17, 15) is 14.7 Å². The zero-order valence-electron chi connectivity index (χ0n) is 17.0. The average Bonchev–Trinajstić information content (AvgIpc) is 3.36. The molecule has 0 radical (unpaired) electrons. The van der Waals surface area contributed by atoms with Gasteiger partial charge in [0.05, 0.1) is 33.6 Å². The lowest BCUT2D eigenvalue weighted by molar-refractivity contribution is 0.0538. The molecule has 1 amide bonds. The summed E-state index contributed by atoms with van der Waals surface area (Å²) in [6, 6.07) is 4.88. The standard InChI is InChI=1S/C20H22ClN5O4S/c1-3-11-16(21)25-17(22-11)18(27)23-12-7-8-26(9-14(12)30-2)20-24-13-6-4-5-10(19(28)29)15(13)31-20/h4-6,12,14H,3,7-9H2,1-2H3,(H,22,25)(H,23,27)(H,28,29). The van der Waals surface area contributed by atoms with Crippen LogP contribution in [0.5, 0.6) is 0 Å². The van der Waals surface area contributed by atoms with Crippen LogP contribution in [0.4, 0.5) is 5.13 Å². The molecule has 4 rings (SSSR count). The highest BCUT2D eigenvalue weighted by Crippen LogP contribution is 2.33. The van der Waals surface area contributed by atoms with Gasteiger partial charge in [-0.2, -0.15) is 0 Å². The van der Waals surface area contributed by atoms with Gasteiger partial charge in [0, 0.05) is 20.2 Å². The largest absolute Gasteiger partial charge is 0.478 e. The van der Waals surface area contributed by atoms with Crippen molar-refractivity contribution in [1.82, 2.24) is 20.3 Å². The van der Waals surface area contributed by atoms with Crippen molar-refractivity contribution in [3.63, 3.8) is 0 Å². The normalized spacial score (nSPS) is 19.0. The third-order valence-corrected chi connectivity index (χ3v) is 6.86. The third-order valence-electron chi connectivity index (χ3n) is 5.38. The van der Waals surface area contributed by atoms with Crippen LogP contribution in [0.2, 0.25) is 5.15 Å². The number of aromatic carboxylic acids is 1. The van der Waals surface area contributed by atoms with Crippen LogP contribution in [0.25, 0.3) is 10.2 Å². The molecule has 1 aliphatic heterocycles. The van der Waals surface area contributed by atoms with Crippen molar-refractivity contribution in [3.8, 4) is 0 Å². The number of aryl methyl sites for hydroxylation is 1. The number of carboxylic acids is 1. The number of rotatable bonds is 6. The number of amides is 1. The van der Waals surface area contributed by atoms with Gasteiger partial charge < -0.3 is 25.0 Å². The van der Waals surface area contributed by atoms with Crippen LogP contribution in [-0.2, 0) is 11.2 Å². The minimum Gasteiger partial charge on any atom is -0.478 e. The zero-order chi connectivity index (χ0) is 22.1. The Hall–Kier alpha value is -2.69. The minimum absolute atomic E-state index is 0.187. The van der Waals surface area contributed by atoms with Gasteiger partial charge in [0.1, 0.15) is 0 Å². The van der Waals surface area contributed by atoms with E-state index in [1.54, 1.807) is 19.2 Å². The number of imidazole rings is 1. The number of piperidine rings is 1. The first-order chi connectivity index (χ1) is 14.9. The van der Waals surface area contributed by atoms with Gasteiger partial charge in [-0.1, -0.05) is 35.9 Å². The molecule has 2 aromatic heterocycles. The highest BCUT2D eigenvalue weighted by molar-refractivity contribution is 7.22. The summed E-state index contributed by atoms with van der Waals surface area (Å²) in [5.74, 6) is -1.11. The maximum absolute atomic E-state index is 12.6. The summed E-state index contributed by atoms with van der Waals surface area (Å²) >= 11 is 7.39. The summed E-state index contributed by atoms with van der Waals surface area (Å²) in [7, 11) is 1.60. The smallest absolute Gasteiger partial charge is 0.337 e. The highest BCUT2D eigenvalue weighted by atomic mass is 35.5. The summed E-state index contributed by atoms with van der Waals surface area (Å²) in [4.78, 5) is 37.8. The van der Waals surface area contributed by atoms with E-state index in [-0.39, 0.29) is 29.4 Å². The third kappa shape index (κ3) is 4.23. The highest BCUT2D eigenvalue weighted by Gasteiger charge is 2.33. The summed E-state index contributed by atoms with van der Waals surface area (Å²) in [6.45, 7) is 3.09. The number of carboxylic acid groups (broad SMARTS) is 1. The van der Waals surface area contributed by atoms with Gasteiger partial charge in [-0.05, 0) is 25.0 Å². The van der Waals surface area contributed by atoms with Crippen LogP contribution in [0.1, 0.15) is 40.0 Å². The van der Waals surface area contributed by atoms with Gasteiger partial charge in [-0.3, -0.25) is 4.79 Å². The van der Waals surface area contributed by atoms with Gasteiger partial charge in [-0.15, -0.1) is 0 Å². The van der Waals surface area contributed by atoms with E-state index in [1.165, 1.54) is 11.3 Å². The van der Waals surface area contributed by atoms with Crippen molar-refractivity contribution in [3.05, 3.63) is 40.4 Å². The molecule has 2 unspecified atom stereocenters. The molecule has 164 valence electrons. The number of H-pyrrole nitrogens is 1. The Labute approximate surface area is 187 Å². The van der Waals surface area contributed by atoms with Crippen molar-refractivity contribution in [2.45, 2.75) is 31.9 Å². The van der Waals surface area contributed by atoms with E-state index in [1.807, 2.05) is 13.0 Å². The van der Waals surface area contributed by atoms with Gasteiger partial charge in [0.2, 0.25) is 0 Å². The fourth-order valence-electron chi connectivity index (χ4n) is 3.70. The van der Waals surface area contributed by atoms with E-state index in [4.69, 9.17) is 16.3 Å². The molecular formula is C20H22ClN5O4S. The Morgan fingerprint density at radius 3 is 2.90 bits per heavy atom. The number of thiazole rings is 1. The Balaban J connectivity index is 1.48. The van der Waals surface area contributed by atoms with Gasteiger partial charge in [0.25, 0.3) is 5.91 Å². The summed E-state index contributed by atoms with van der Waals surface area (Å²) in [5.41, 5.74) is 1.63. The molecule has 3 N–H and O–H groups in total. The Kier molecular flexibility index (Phi) is 6.12. The second-order valence-electron chi connectivity index (χ2n) is 7.25. The number of ether oxygens (including phenoxy) is 1. The molecule has 0 aliphatic carbocycles. The topological polar surface area (TPSA) is 120 Å². The van der Waals surface area contributed by atoms with Crippen LogP contribution >= 0.6 is 22.9 Å². The Morgan fingerprint density at radius 1 is 1.42 bits per heavy atom. The number of hydrogen-bond donors (Lipinski definition) is 3. The number of carbonyl (C=O) groups excluding carboxylic acids is 1. The molecule has 31 heavy (non-hydrogen) atoms. The molecule has 0 spiro atoms. The lowest BCUT2D eigenvalue weighted by Gasteiger charge is -2.37. The van der Waals surface area contributed by atoms with E-state index < -0.39 is 5.97 Å². The number of carbonyl (C=O) groups is 2. The Bertz CT molecular complexity index is 1130. The van der Waals surface area contributed by atoms with E-state index >= 15 is 0 Å². The van der Waals surface area contributed by atoms with E-state index in [0.29, 0.717) is 41.3 Å². The fourth-order valence-corrected chi connectivity index (χ4v) is 5.07.